The van der Waals surface area contributed by atoms with E-state index >= 15 is 0 Å². The van der Waals surface area contributed by atoms with Crippen molar-refractivity contribution in [1.29, 1.82) is 0 Å². The van der Waals surface area contributed by atoms with Crippen molar-refractivity contribution < 1.29 is 32.2 Å². The van der Waals surface area contributed by atoms with Crippen LogP contribution >= 0.6 is 11.6 Å². The maximum atomic E-state index is 13.1. The number of sulfonamides is 1. The van der Waals surface area contributed by atoms with Crippen molar-refractivity contribution in [2.45, 2.75) is 30.6 Å². The third-order valence-electron chi connectivity index (χ3n) is 5.34. The van der Waals surface area contributed by atoms with Gasteiger partial charge >= 0.3 is 5.97 Å². The first-order valence-electron chi connectivity index (χ1n) is 10.5. The topological polar surface area (TPSA) is 111 Å². The molecule has 0 aromatic heterocycles. The Balaban J connectivity index is 1.40. The number of carbonyl (C=O) groups excluding carboxylic acids is 2. The predicted octanol–water partition coefficient (Wildman–Crippen LogP) is 3.43. The highest BCUT2D eigenvalue weighted by molar-refractivity contribution is 7.89. The Kier molecular flexibility index (Phi) is 7.06. The fraction of sp³-hybridized carbons (Fsp3) is 0.364. The number of carbonyl (C=O) groups is 2. The predicted molar refractivity (Wildman–Crippen MR) is 120 cm³/mol. The molecule has 33 heavy (non-hydrogen) atoms. The van der Waals surface area contributed by atoms with Gasteiger partial charge in [-0.05, 0) is 43.2 Å². The summed E-state index contributed by atoms with van der Waals surface area (Å²) in [6, 6.07) is 8.79. The molecule has 1 amide bonds. The number of anilines is 1. The largest absolute Gasteiger partial charge is 0.454 e. The van der Waals surface area contributed by atoms with E-state index < -0.39 is 28.5 Å². The normalized spacial score (nSPS) is 16.2. The van der Waals surface area contributed by atoms with Crippen LogP contribution < -0.4 is 14.8 Å². The van der Waals surface area contributed by atoms with Crippen LogP contribution in [0.2, 0.25) is 5.02 Å². The molecule has 1 saturated heterocycles. The van der Waals surface area contributed by atoms with Crippen molar-refractivity contribution in [1.82, 2.24) is 4.31 Å². The van der Waals surface area contributed by atoms with Crippen LogP contribution in [0, 0.1) is 0 Å². The Labute approximate surface area is 196 Å². The molecule has 176 valence electrons. The minimum atomic E-state index is -3.86. The van der Waals surface area contributed by atoms with E-state index in [9.17, 15) is 18.0 Å². The lowest BCUT2D eigenvalue weighted by Crippen LogP contribution is -2.32. The maximum Gasteiger partial charge on any atom is 0.338 e. The summed E-state index contributed by atoms with van der Waals surface area (Å²) in [5.74, 6) is -0.314. The molecule has 11 heteroatoms. The summed E-state index contributed by atoms with van der Waals surface area (Å²) >= 11 is 6.16. The molecule has 2 heterocycles. The number of ether oxygens (including phenoxy) is 3. The minimum absolute atomic E-state index is 0.0105. The van der Waals surface area contributed by atoms with Gasteiger partial charge in [0, 0.05) is 24.8 Å². The van der Waals surface area contributed by atoms with Gasteiger partial charge in [0.25, 0.3) is 5.91 Å². The van der Waals surface area contributed by atoms with Gasteiger partial charge < -0.3 is 19.5 Å². The van der Waals surface area contributed by atoms with Crippen LogP contribution in [0.15, 0.2) is 41.3 Å². The molecule has 9 nitrogen and oxygen atoms in total. The van der Waals surface area contributed by atoms with Crippen molar-refractivity contribution in [3.05, 3.63) is 47.0 Å². The van der Waals surface area contributed by atoms with Crippen molar-refractivity contribution in [3.8, 4) is 11.5 Å². The van der Waals surface area contributed by atoms with Crippen molar-refractivity contribution in [2.24, 2.45) is 0 Å². The number of nitrogens with zero attached hydrogens (tertiary/aromatic N) is 1. The van der Waals surface area contributed by atoms with Gasteiger partial charge in [0.15, 0.2) is 18.1 Å². The standard InChI is InChI=1S/C22H23ClN2O7S/c23-17-7-5-15(11-20(17)33(28,29)25-9-3-1-2-4-10-25)22(27)30-13-21(26)24-16-6-8-18-19(12-16)32-14-31-18/h5-8,11-12H,1-4,9-10,13-14H2,(H,24,26). The van der Waals surface area contributed by atoms with Gasteiger partial charge in [0.05, 0.1) is 10.6 Å². The van der Waals surface area contributed by atoms with Crippen LogP contribution in [-0.2, 0) is 19.6 Å². The number of benzene rings is 2. The Bertz CT molecular complexity index is 1160. The molecular weight excluding hydrogens is 472 g/mol. The molecular formula is C22H23ClN2O7S. The second-order valence-electron chi connectivity index (χ2n) is 7.66. The van der Waals surface area contributed by atoms with E-state index in [1.54, 1.807) is 18.2 Å². The second kappa shape index (κ2) is 9.98. The van der Waals surface area contributed by atoms with E-state index in [1.165, 1.54) is 22.5 Å². The first-order chi connectivity index (χ1) is 15.8. The Morgan fingerprint density at radius 1 is 1.00 bits per heavy atom. The van der Waals surface area contributed by atoms with Gasteiger partial charge in [-0.3, -0.25) is 4.79 Å². The van der Waals surface area contributed by atoms with E-state index in [0.717, 1.165) is 25.7 Å². The monoisotopic (exact) mass is 494 g/mol. The third-order valence-corrected chi connectivity index (χ3v) is 7.72. The van der Waals surface area contributed by atoms with Crippen LogP contribution in [0.4, 0.5) is 5.69 Å². The summed E-state index contributed by atoms with van der Waals surface area (Å²) in [5.41, 5.74) is 0.446. The molecule has 2 aromatic rings. The SMILES string of the molecule is O=C(COC(=O)c1ccc(Cl)c(S(=O)(=O)N2CCCCCC2)c1)Nc1ccc2c(c1)OCO2. The van der Waals surface area contributed by atoms with Gasteiger partial charge in [-0.1, -0.05) is 24.4 Å². The van der Waals surface area contributed by atoms with Gasteiger partial charge in [0.2, 0.25) is 16.8 Å². The van der Waals surface area contributed by atoms with Crippen LogP contribution in [0.3, 0.4) is 0 Å². The highest BCUT2D eigenvalue weighted by atomic mass is 35.5. The van der Waals surface area contributed by atoms with E-state index in [0.29, 0.717) is 30.3 Å². The molecule has 2 aliphatic heterocycles. The van der Waals surface area contributed by atoms with Gasteiger partial charge in [-0.25, -0.2) is 13.2 Å². The zero-order valence-corrected chi connectivity index (χ0v) is 19.3. The number of fused-ring (bicyclic) bond motifs is 1. The number of halogens is 1. The number of nitrogens with one attached hydrogen (secondary N) is 1. The summed E-state index contributed by atoms with van der Waals surface area (Å²) in [6.07, 6.45) is 3.50. The van der Waals surface area contributed by atoms with Crippen molar-refractivity contribution in [3.63, 3.8) is 0 Å². The lowest BCUT2D eigenvalue weighted by Gasteiger charge is -2.21. The zero-order chi connectivity index (χ0) is 23.4. The van der Waals surface area contributed by atoms with Crippen molar-refractivity contribution >= 4 is 39.2 Å². The first kappa shape index (κ1) is 23.3. The van der Waals surface area contributed by atoms with E-state index in [4.69, 9.17) is 25.8 Å². The summed E-state index contributed by atoms with van der Waals surface area (Å²) in [5, 5.41) is 2.62. The highest BCUT2D eigenvalue weighted by Gasteiger charge is 2.28. The van der Waals surface area contributed by atoms with Crippen molar-refractivity contribution in [2.75, 3.05) is 31.8 Å². The summed E-state index contributed by atoms with van der Waals surface area (Å²) in [6.45, 7) is 0.381. The van der Waals surface area contributed by atoms with Gasteiger partial charge in [-0.15, -0.1) is 0 Å². The molecule has 2 aromatic carbocycles. The molecule has 0 spiro atoms. The number of hydrogen-bond donors (Lipinski definition) is 1. The van der Waals surface area contributed by atoms with Crippen LogP contribution in [0.25, 0.3) is 0 Å². The molecule has 0 saturated carbocycles. The van der Waals surface area contributed by atoms with Gasteiger partial charge in [0.1, 0.15) is 4.90 Å². The molecule has 0 radical (unpaired) electrons. The summed E-state index contributed by atoms with van der Waals surface area (Å²) in [4.78, 5) is 24.5. The molecule has 4 rings (SSSR count). The molecule has 0 unspecified atom stereocenters. The van der Waals surface area contributed by atoms with Crippen LogP contribution in [0.5, 0.6) is 11.5 Å². The minimum Gasteiger partial charge on any atom is -0.454 e. The lowest BCUT2D eigenvalue weighted by molar-refractivity contribution is -0.119. The number of esters is 1. The lowest BCUT2D eigenvalue weighted by atomic mass is 10.2. The number of amides is 1. The van der Waals surface area contributed by atoms with Crippen LogP contribution in [-0.4, -0.2) is 51.1 Å². The number of hydrogen-bond acceptors (Lipinski definition) is 7. The fourth-order valence-electron chi connectivity index (χ4n) is 3.63. The van der Waals surface area contributed by atoms with E-state index in [2.05, 4.69) is 5.32 Å². The highest BCUT2D eigenvalue weighted by Crippen LogP contribution is 2.34. The third kappa shape index (κ3) is 5.40. The average Bonchev–Trinajstić information content (AvgIpc) is 3.08. The molecule has 0 aliphatic carbocycles. The Morgan fingerprint density at radius 2 is 1.73 bits per heavy atom. The molecule has 1 N–H and O–H groups in total. The number of rotatable bonds is 6. The fourth-order valence-corrected chi connectivity index (χ4v) is 5.65. The average molecular weight is 495 g/mol. The Hall–Kier alpha value is -2.82. The Morgan fingerprint density at radius 3 is 2.48 bits per heavy atom. The van der Waals surface area contributed by atoms with Gasteiger partial charge in [-0.2, -0.15) is 4.31 Å². The quantitative estimate of drug-likeness (QED) is 0.612. The summed E-state index contributed by atoms with van der Waals surface area (Å²) in [7, 11) is -3.86. The zero-order valence-electron chi connectivity index (χ0n) is 17.7. The molecule has 0 bridgehead atoms. The van der Waals surface area contributed by atoms with Crippen LogP contribution in [0.1, 0.15) is 36.0 Å². The first-order valence-corrected chi connectivity index (χ1v) is 12.3. The maximum absolute atomic E-state index is 13.1. The molecule has 0 atom stereocenters. The molecule has 2 aliphatic rings. The van der Waals surface area contributed by atoms with E-state index in [-0.39, 0.29) is 22.3 Å². The molecule has 1 fully saturated rings. The summed E-state index contributed by atoms with van der Waals surface area (Å²) < 4.78 is 43.1. The second-order valence-corrected chi connectivity index (χ2v) is 9.97. The smallest absolute Gasteiger partial charge is 0.338 e. The van der Waals surface area contributed by atoms with E-state index in [1.807, 2.05) is 0 Å².